The van der Waals surface area contributed by atoms with E-state index in [9.17, 15) is 13.2 Å². The summed E-state index contributed by atoms with van der Waals surface area (Å²) in [7, 11) is -3.67. The molecule has 0 heterocycles. The van der Waals surface area contributed by atoms with E-state index in [1.807, 2.05) is 42.5 Å². The van der Waals surface area contributed by atoms with Crippen molar-refractivity contribution in [1.29, 1.82) is 0 Å². The van der Waals surface area contributed by atoms with Gasteiger partial charge in [-0.25, -0.2) is 13.2 Å². The van der Waals surface area contributed by atoms with Crippen LogP contribution >= 0.6 is 0 Å². The molecule has 31 heavy (non-hydrogen) atoms. The Morgan fingerprint density at radius 3 is 2.16 bits per heavy atom. The van der Waals surface area contributed by atoms with Gasteiger partial charge in [0.15, 0.2) is 0 Å². The molecular weight excluding hydrogens is 410 g/mol. The van der Waals surface area contributed by atoms with E-state index in [4.69, 9.17) is 5.11 Å². The van der Waals surface area contributed by atoms with Crippen molar-refractivity contribution < 1.29 is 18.3 Å². The van der Waals surface area contributed by atoms with E-state index in [1.165, 1.54) is 0 Å². The molecule has 0 saturated heterocycles. The predicted molar refractivity (Wildman–Crippen MR) is 123 cm³/mol. The molecule has 0 unspecified atom stereocenters. The Labute approximate surface area is 183 Å². The van der Waals surface area contributed by atoms with Gasteiger partial charge in [-0.05, 0) is 72.2 Å². The third kappa shape index (κ3) is 5.95. The Morgan fingerprint density at radius 2 is 1.55 bits per heavy atom. The normalized spacial score (nSPS) is 11.5. The van der Waals surface area contributed by atoms with Crippen LogP contribution in [0.1, 0.15) is 53.2 Å². The lowest BCUT2D eigenvalue weighted by Gasteiger charge is -2.13. The molecule has 5 nitrogen and oxygen atoms in total. The van der Waals surface area contributed by atoms with E-state index in [0.717, 1.165) is 29.5 Å². The lowest BCUT2D eigenvalue weighted by molar-refractivity contribution is 0.0697. The molecule has 0 atom stereocenters. The highest BCUT2D eigenvalue weighted by Crippen LogP contribution is 2.23. The first-order valence-corrected chi connectivity index (χ1v) is 11.8. The summed E-state index contributed by atoms with van der Waals surface area (Å²) >= 11 is 0. The first kappa shape index (κ1) is 22.6. The summed E-state index contributed by atoms with van der Waals surface area (Å²) < 4.78 is 28.4. The molecule has 162 valence electrons. The summed E-state index contributed by atoms with van der Waals surface area (Å²) in [5.41, 5.74) is 3.91. The van der Waals surface area contributed by atoms with Crippen molar-refractivity contribution in [2.24, 2.45) is 0 Å². The van der Waals surface area contributed by atoms with Gasteiger partial charge in [0.25, 0.3) is 10.0 Å². The first-order valence-electron chi connectivity index (χ1n) is 10.3. The van der Waals surface area contributed by atoms with Gasteiger partial charge in [-0.2, -0.15) is 0 Å². The van der Waals surface area contributed by atoms with Gasteiger partial charge in [0.05, 0.1) is 16.1 Å². The van der Waals surface area contributed by atoms with Crippen molar-refractivity contribution >= 4 is 21.7 Å². The summed E-state index contributed by atoms with van der Waals surface area (Å²) in [6.45, 7) is 4.14. The number of carboxylic acids is 1. The number of nitrogens with one attached hydrogen (secondary N) is 1. The highest BCUT2D eigenvalue weighted by Gasteiger charge is 2.16. The minimum absolute atomic E-state index is 0.241. The van der Waals surface area contributed by atoms with E-state index < -0.39 is 16.0 Å². The maximum atomic E-state index is 12.9. The van der Waals surface area contributed by atoms with Crippen LogP contribution in [0.2, 0.25) is 0 Å². The lowest BCUT2D eigenvalue weighted by atomic mass is 10.0. The number of sulfonamides is 1. The van der Waals surface area contributed by atoms with Gasteiger partial charge in [0, 0.05) is 0 Å². The van der Waals surface area contributed by atoms with Crippen LogP contribution in [0.3, 0.4) is 0 Å². The van der Waals surface area contributed by atoms with Gasteiger partial charge in [-0.3, -0.25) is 4.72 Å². The third-order valence-electron chi connectivity index (χ3n) is 5.23. The molecule has 0 amide bonds. The number of benzene rings is 3. The van der Waals surface area contributed by atoms with Crippen LogP contribution in [0, 0.1) is 0 Å². The molecule has 3 rings (SSSR count). The Morgan fingerprint density at radius 1 is 0.903 bits per heavy atom. The molecule has 0 radical (unpaired) electrons. The molecule has 0 fully saturated rings. The second-order valence-electron chi connectivity index (χ2n) is 7.84. The molecule has 3 aromatic rings. The van der Waals surface area contributed by atoms with Crippen LogP contribution < -0.4 is 4.72 Å². The van der Waals surface area contributed by atoms with E-state index in [0.29, 0.717) is 18.0 Å². The Bertz CT molecular complexity index is 1130. The van der Waals surface area contributed by atoms with E-state index in [-0.39, 0.29) is 10.5 Å². The van der Waals surface area contributed by atoms with Crippen molar-refractivity contribution in [3.05, 3.63) is 95.1 Å². The average molecular weight is 438 g/mol. The number of para-hydroxylation sites is 1. The average Bonchev–Trinajstić information content (AvgIpc) is 2.75. The Hall–Kier alpha value is -3.12. The van der Waals surface area contributed by atoms with Gasteiger partial charge >= 0.3 is 5.97 Å². The summed E-state index contributed by atoms with van der Waals surface area (Å²) in [4.78, 5) is 11.2. The second-order valence-corrected chi connectivity index (χ2v) is 9.52. The molecular formula is C25H27NO4S. The molecule has 0 aliphatic rings. The Balaban J connectivity index is 1.67. The molecule has 0 aromatic heterocycles. The smallest absolute Gasteiger partial charge is 0.335 e. The van der Waals surface area contributed by atoms with Crippen molar-refractivity contribution in [3.63, 3.8) is 0 Å². The molecule has 2 N–H and O–H groups in total. The number of aromatic carboxylic acids is 1. The zero-order valence-corrected chi connectivity index (χ0v) is 18.5. The number of anilines is 1. The monoisotopic (exact) mass is 437 g/mol. The third-order valence-corrected chi connectivity index (χ3v) is 6.61. The highest BCUT2D eigenvalue weighted by atomic mass is 32.2. The minimum Gasteiger partial charge on any atom is -0.478 e. The first-order chi connectivity index (χ1) is 14.8. The van der Waals surface area contributed by atoms with Crippen LogP contribution in [-0.2, 0) is 22.9 Å². The number of carboxylic acid groups (broad SMARTS) is 1. The summed E-state index contributed by atoms with van der Waals surface area (Å²) in [6, 6.07) is 21.2. The summed E-state index contributed by atoms with van der Waals surface area (Å²) in [5, 5.41) is 8.99. The Kier molecular flexibility index (Phi) is 7.13. The highest BCUT2D eigenvalue weighted by molar-refractivity contribution is 7.92. The van der Waals surface area contributed by atoms with Gasteiger partial charge in [-0.1, -0.05) is 56.3 Å². The number of aryl methyl sites for hydroxylation is 2. The van der Waals surface area contributed by atoms with Crippen LogP contribution in [0.15, 0.2) is 77.7 Å². The van der Waals surface area contributed by atoms with E-state index in [2.05, 4.69) is 18.6 Å². The number of carbonyl (C=O) groups is 1. The van der Waals surface area contributed by atoms with E-state index in [1.54, 1.807) is 30.3 Å². The molecule has 0 aliphatic carbocycles. The molecule has 0 saturated carbocycles. The van der Waals surface area contributed by atoms with Crippen molar-refractivity contribution in [2.75, 3.05) is 4.72 Å². The second kappa shape index (κ2) is 9.79. The quantitative estimate of drug-likeness (QED) is 0.464. The van der Waals surface area contributed by atoms with Crippen LogP contribution in [-0.4, -0.2) is 19.5 Å². The molecule has 6 heteroatoms. The molecule has 0 spiro atoms. The topological polar surface area (TPSA) is 83.5 Å². The largest absolute Gasteiger partial charge is 0.478 e. The van der Waals surface area contributed by atoms with Gasteiger partial charge in [0.1, 0.15) is 0 Å². The maximum absolute atomic E-state index is 12.9. The number of rotatable bonds is 9. The standard InChI is InChI=1S/C25H27NO4S/c1-18(2)20-14-16-23(17-15-20)31(29,30)26-24-9-4-3-7-21(24)8-5-6-19-10-12-22(13-11-19)25(27)28/h3-4,7,9-18,26H,5-6,8H2,1-2H3,(H,27,28). The molecule has 0 aliphatic heterocycles. The van der Waals surface area contributed by atoms with Crippen LogP contribution in [0.25, 0.3) is 0 Å². The molecule has 3 aromatic carbocycles. The van der Waals surface area contributed by atoms with Crippen molar-refractivity contribution in [2.45, 2.75) is 43.9 Å². The van der Waals surface area contributed by atoms with Gasteiger partial charge in [-0.15, -0.1) is 0 Å². The summed E-state index contributed by atoms with van der Waals surface area (Å²) in [6.07, 6.45) is 2.29. The van der Waals surface area contributed by atoms with Crippen LogP contribution in [0.4, 0.5) is 5.69 Å². The van der Waals surface area contributed by atoms with Crippen molar-refractivity contribution in [1.82, 2.24) is 0 Å². The number of hydrogen-bond acceptors (Lipinski definition) is 3. The van der Waals surface area contributed by atoms with E-state index >= 15 is 0 Å². The molecule has 0 bridgehead atoms. The summed E-state index contributed by atoms with van der Waals surface area (Å²) in [5.74, 6) is -0.600. The zero-order chi connectivity index (χ0) is 22.4. The number of hydrogen-bond donors (Lipinski definition) is 2. The lowest BCUT2D eigenvalue weighted by Crippen LogP contribution is -2.14. The fourth-order valence-electron chi connectivity index (χ4n) is 3.37. The van der Waals surface area contributed by atoms with Gasteiger partial charge in [0.2, 0.25) is 0 Å². The SMILES string of the molecule is CC(C)c1ccc(S(=O)(=O)Nc2ccccc2CCCc2ccc(C(=O)O)cc2)cc1. The maximum Gasteiger partial charge on any atom is 0.335 e. The fraction of sp³-hybridized carbons (Fsp3) is 0.240. The van der Waals surface area contributed by atoms with Crippen LogP contribution in [0.5, 0.6) is 0 Å². The van der Waals surface area contributed by atoms with Crippen molar-refractivity contribution in [3.8, 4) is 0 Å². The zero-order valence-electron chi connectivity index (χ0n) is 17.7. The van der Waals surface area contributed by atoms with Gasteiger partial charge < -0.3 is 5.11 Å². The predicted octanol–water partition coefficient (Wildman–Crippen LogP) is 5.48. The minimum atomic E-state index is -3.67. The fourth-order valence-corrected chi connectivity index (χ4v) is 4.47.